The number of halogens is 1. The molecule has 0 atom stereocenters. The zero-order chi connectivity index (χ0) is 26.0. The van der Waals surface area contributed by atoms with E-state index in [2.05, 4.69) is 37.5 Å². The summed E-state index contributed by atoms with van der Waals surface area (Å²) in [7, 11) is 0. The van der Waals surface area contributed by atoms with Gasteiger partial charge in [-0.15, -0.1) is 0 Å². The number of anilines is 2. The molecule has 0 unspecified atom stereocenters. The second-order valence-corrected chi connectivity index (χ2v) is 8.94. The van der Waals surface area contributed by atoms with E-state index in [1.165, 1.54) is 18.1 Å². The number of aryl methyl sites for hydroxylation is 2. The van der Waals surface area contributed by atoms with Gasteiger partial charge < -0.3 is 15.7 Å². The van der Waals surface area contributed by atoms with Crippen molar-refractivity contribution in [2.24, 2.45) is 0 Å². The highest BCUT2D eigenvalue weighted by Gasteiger charge is 2.10. The van der Waals surface area contributed by atoms with Crippen LogP contribution in [-0.2, 0) is 11.2 Å². The van der Waals surface area contributed by atoms with Crippen LogP contribution in [0.4, 0.5) is 16.2 Å². The molecule has 0 spiro atoms. The zero-order valence-electron chi connectivity index (χ0n) is 20.9. The summed E-state index contributed by atoms with van der Waals surface area (Å²) in [5.41, 5.74) is 5.50. The second-order valence-electron chi connectivity index (χ2n) is 8.51. The van der Waals surface area contributed by atoms with Crippen molar-refractivity contribution in [3.05, 3.63) is 99.6 Å². The lowest BCUT2D eigenvalue weighted by atomic mass is 10.0. The van der Waals surface area contributed by atoms with Crippen LogP contribution in [0.2, 0.25) is 5.02 Å². The number of aliphatic carboxylic acids is 1. The van der Waals surface area contributed by atoms with Gasteiger partial charge in [-0.1, -0.05) is 68.8 Å². The van der Waals surface area contributed by atoms with E-state index >= 15 is 0 Å². The third-order valence-corrected chi connectivity index (χ3v) is 5.64. The SMILES string of the molecule is C/C(=C\c1c(C)cccc1NC(=O)Nc1ccc(C(C)C)cc1)C(=O)O.CCc1cccc(Cl)c1. The van der Waals surface area contributed by atoms with Crippen LogP contribution in [0, 0.1) is 6.92 Å². The predicted molar refractivity (Wildman–Crippen MR) is 146 cm³/mol. The highest BCUT2D eigenvalue weighted by Crippen LogP contribution is 2.23. The monoisotopic (exact) mass is 492 g/mol. The van der Waals surface area contributed by atoms with Gasteiger partial charge in [0.25, 0.3) is 0 Å². The van der Waals surface area contributed by atoms with Crippen LogP contribution < -0.4 is 10.6 Å². The number of urea groups is 1. The van der Waals surface area contributed by atoms with E-state index in [1.54, 1.807) is 12.1 Å². The number of carbonyl (C=O) groups excluding carboxylic acids is 1. The van der Waals surface area contributed by atoms with Crippen LogP contribution in [0.15, 0.2) is 72.3 Å². The Balaban J connectivity index is 0.000000402. The van der Waals surface area contributed by atoms with Gasteiger partial charge in [0.2, 0.25) is 0 Å². The van der Waals surface area contributed by atoms with Gasteiger partial charge in [-0.25, -0.2) is 9.59 Å². The topological polar surface area (TPSA) is 78.4 Å². The van der Waals surface area contributed by atoms with Crippen molar-refractivity contribution in [3.8, 4) is 0 Å². The van der Waals surface area contributed by atoms with Gasteiger partial charge in [-0.05, 0) is 79.3 Å². The van der Waals surface area contributed by atoms with E-state index in [0.29, 0.717) is 22.9 Å². The van der Waals surface area contributed by atoms with E-state index in [9.17, 15) is 9.59 Å². The Morgan fingerprint density at radius 3 is 2.20 bits per heavy atom. The van der Waals surface area contributed by atoms with Crippen molar-refractivity contribution < 1.29 is 14.7 Å². The molecule has 0 aliphatic rings. The molecule has 3 rings (SSSR count). The Morgan fingerprint density at radius 2 is 1.66 bits per heavy atom. The second kappa shape index (κ2) is 13.4. The molecule has 3 N–H and O–H groups in total. The lowest BCUT2D eigenvalue weighted by Crippen LogP contribution is -2.20. The summed E-state index contributed by atoms with van der Waals surface area (Å²) in [4.78, 5) is 23.4. The first-order chi connectivity index (χ1) is 16.6. The summed E-state index contributed by atoms with van der Waals surface area (Å²) in [6.45, 7) is 9.73. The molecular weight excluding hydrogens is 460 g/mol. The molecule has 0 aliphatic carbocycles. The lowest BCUT2D eigenvalue weighted by Gasteiger charge is -2.13. The predicted octanol–water partition coefficient (Wildman–Crippen LogP) is 8.15. The minimum Gasteiger partial charge on any atom is -0.478 e. The van der Waals surface area contributed by atoms with Crippen molar-refractivity contribution in [3.63, 3.8) is 0 Å². The molecule has 0 fully saturated rings. The summed E-state index contributed by atoms with van der Waals surface area (Å²) in [6.07, 6.45) is 2.62. The average molecular weight is 493 g/mol. The molecule has 0 saturated carbocycles. The molecule has 0 aromatic heterocycles. The first-order valence-electron chi connectivity index (χ1n) is 11.5. The number of benzene rings is 3. The first-order valence-corrected chi connectivity index (χ1v) is 11.9. The van der Waals surface area contributed by atoms with Gasteiger partial charge >= 0.3 is 12.0 Å². The number of carboxylic acids is 1. The van der Waals surface area contributed by atoms with Crippen molar-refractivity contribution in [2.75, 3.05) is 10.6 Å². The Kier molecular flexibility index (Phi) is 10.6. The molecular formula is C29H33ClN2O3. The van der Waals surface area contributed by atoms with E-state index < -0.39 is 5.97 Å². The summed E-state index contributed by atoms with van der Waals surface area (Å²) in [6, 6.07) is 20.7. The Morgan fingerprint density at radius 1 is 1.00 bits per heavy atom. The first kappa shape index (κ1) is 27.7. The largest absolute Gasteiger partial charge is 0.478 e. The fourth-order valence-electron chi connectivity index (χ4n) is 3.25. The standard InChI is InChI=1S/C21H24N2O3.C8H9Cl/c1-13(2)16-8-10-17(11-9-16)22-21(26)23-19-7-5-6-14(3)18(19)12-15(4)20(24)25;1-2-7-4-3-5-8(9)6-7/h5-13H,1-4H3,(H,24,25)(H2,22,23,26);3-6H,2H2,1H3/b15-12+;. The number of carboxylic acid groups (broad SMARTS) is 1. The fourth-order valence-corrected chi connectivity index (χ4v) is 3.47. The number of rotatable bonds is 6. The summed E-state index contributed by atoms with van der Waals surface area (Å²) in [5.74, 6) is -0.564. The van der Waals surface area contributed by atoms with E-state index in [4.69, 9.17) is 16.7 Å². The van der Waals surface area contributed by atoms with Crippen LogP contribution in [0.5, 0.6) is 0 Å². The number of nitrogens with one attached hydrogen (secondary N) is 2. The molecule has 184 valence electrons. The Labute approximate surface area is 212 Å². The molecule has 0 aliphatic heterocycles. The smallest absolute Gasteiger partial charge is 0.331 e. The molecule has 0 radical (unpaired) electrons. The third-order valence-electron chi connectivity index (χ3n) is 5.40. The van der Waals surface area contributed by atoms with Crippen molar-refractivity contribution >= 4 is 41.1 Å². The summed E-state index contributed by atoms with van der Waals surface area (Å²) < 4.78 is 0. The molecule has 5 nitrogen and oxygen atoms in total. The Bertz CT molecular complexity index is 1180. The molecule has 0 bridgehead atoms. The summed E-state index contributed by atoms with van der Waals surface area (Å²) >= 11 is 5.72. The van der Waals surface area contributed by atoms with Crippen LogP contribution >= 0.6 is 11.6 Å². The van der Waals surface area contributed by atoms with Crippen LogP contribution in [0.1, 0.15) is 55.9 Å². The van der Waals surface area contributed by atoms with Gasteiger partial charge in [-0.3, -0.25) is 0 Å². The Hall–Kier alpha value is -3.57. The molecule has 35 heavy (non-hydrogen) atoms. The number of hydrogen-bond acceptors (Lipinski definition) is 2. The quantitative estimate of drug-likeness (QED) is 0.304. The molecule has 3 aromatic carbocycles. The van der Waals surface area contributed by atoms with Crippen molar-refractivity contribution in [2.45, 2.75) is 47.0 Å². The molecule has 6 heteroatoms. The maximum Gasteiger partial charge on any atom is 0.331 e. The fraction of sp³-hybridized carbons (Fsp3) is 0.241. The lowest BCUT2D eigenvalue weighted by molar-refractivity contribution is -0.132. The highest BCUT2D eigenvalue weighted by atomic mass is 35.5. The van der Waals surface area contributed by atoms with Crippen molar-refractivity contribution in [1.29, 1.82) is 0 Å². The van der Waals surface area contributed by atoms with Crippen LogP contribution in [-0.4, -0.2) is 17.1 Å². The van der Waals surface area contributed by atoms with Gasteiger partial charge in [0, 0.05) is 27.5 Å². The average Bonchev–Trinajstić information content (AvgIpc) is 2.81. The maximum atomic E-state index is 12.3. The maximum absolute atomic E-state index is 12.3. The van der Waals surface area contributed by atoms with Crippen molar-refractivity contribution in [1.82, 2.24) is 0 Å². The van der Waals surface area contributed by atoms with E-state index in [0.717, 1.165) is 17.0 Å². The third kappa shape index (κ3) is 8.95. The van der Waals surface area contributed by atoms with Crippen LogP contribution in [0.25, 0.3) is 6.08 Å². The van der Waals surface area contributed by atoms with Gasteiger partial charge in [0.05, 0.1) is 0 Å². The highest BCUT2D eigenvalue weighted by molar-refractivity contribution is 6.30. The normalized spacial score (nSPS) is 10.9. The minimum absolute atomic E-state index is 0.201. The molecule has 0 saturated heterocycles. The van der Waals surface area contributed by atoms with Gasteiger partial charge in [0.15, 0.2) is 0 Å². The molecule has 3 aromatic rings. The summed E-state index contributed by atoms with van der Waals surface area (Å²) in [5, 5.41) is 15.5. The van der Waals surface area contributed by atoms with E-state index in [1.807, 2.05) is 61.5 Å². The van der Waals surface area contributed by atoms with E-state index in [-0.39, 0.29) is 11.6 Å². The molecule has 2 amide bonds. The zero-order valence-corrected chi connectivity index (χ0v) is 21.6. The van der Waals surface area contributed by atoms with Gasteiger partial charge in [0.1, 0.15) is 0 Å². The number of carbonyl (C=O) groups is 2. The minimum atomic E-state index is -0.992. The van der Waals surface area contributed by atoms with Crippen LogP contribution in [0.3, 0.4) is 0 Å². The number of hydrogen-bond donors (Lipinski definition) is 3. The van der Waals surface area contributed by atoms with Gasteiger partial charge in [-0.2, -0.15) is 0 Å². The molecule has 0 heterocycles. The number of amides is 2.